The van der Waals surface area contributed by atoms with Crippen LogP contribution < -0.4 is 0 Å². The Labute approximate surface area is 128 Å². The van der Waals surface area contributed by atoms with Gasteiger partial charge in [0, 0.05) is 5.02 Å². The summed E-state index contributed by atoms with van der Waals surface area (Å²) in [6.45, 7) is 0. The normalized spacial score (nSPS) is 20.2. The van der Waals surface area contributed by atoms with Crippen molar-refractivity contribution in [2.75, 3.05) is 0 Å². The summed E-state index contributed by atoms with van der Waals surface area (Å²) in [5.41, 5.74) is 2.06. The van der Waals surface area contributed by atoms with E-state index >= 15 is 0 Å². The van der Waals surface area contributed by atoms with Crippen molar-refractivity contribution in [1.29, 1.82) is 0 Å². The minimum absolute atomic E-state index is 0.302. The molecule has 2 aromatic heterocycles. The Bertz CT molecular complexity index is 895. The minimum Gasteiger partial charge on any atom is -0.403 e. The number of nitro groups is 1. The van der Waals surface area contributed by atoms with Gasteiger partial charge in [-0.3, -0.25) is 15.1 Å². The third kappa shape index (κ3) is 2.20. The Kier molecular flexibility index (Phi) is 2.85. The van der Waals surface area contributed by atoms with Crippen molar-refractivity contribution in [3.8, 4) is 0 Å². The van der Waals surface area contributed by atoms with Crippen molar-refractivity contribution in [3.05, 3.63) is 63.1 Å². The zero-order chi connectivity index (χ0) is 15.3. The average molecular weight is 318 g/mol. The number of halogens is 1. The van der Waals surface area contributed by atoms with Gasteiger partial charge < -0.3 is 9.15 Å². The lowest BCUT2D eigenvalue weighted by Gasteiger charge is -1.99. The molecule has 0 aliphatic carbocycles. The molecule has 8 heteroatoms. The van der Waals surface area contributed by atoms with Crippen LogP contribution in [0.15, 0.2) is 40.9 Å². The minimum atomic E-state index is -0.583. The summed E-state index contributed by atoms with van der Waals surface area (Å²) in [6.07, 6.45) is 0.937. The zero-order valence-corrected chi connectivity index (χ0v) is 11.7. The molecule has 0 bridgehead atoms. The highest BCUT2D eigenvalue weighted by Gasteiger charge is 2.46. The zero-order valence-electron chi connectivity index (χ0n) is 11.0. The van der Waals surface area contributed by atoms with Crippen molar-refractivity contribution in [1.82, 2.24) is 9.97 Å². The first-order valence-corrected chi connectivity index (χ1v) is 6.81. The Morgan fingerprint density at radius 1 is 1.18 bits per heavy atom. The summed E-state index contributed by atoms with van der Waals surface area (Å²) in [5, 5.41) is 11.2. The average Bonchev–Trinajstić information content (AvgIpc) is 3.14. The van der Waals surface area contributed by atoms with Crippen LogP contribution in [0.2, 0.25) is 5.02 Å². The van der Waals surface area contributed by atoms with Crippen molar-refractivity contribution in [2.45, 2.75) is 12.2 Å². The van der Waals surface area contributed by atoms with Crippen LogP contribution >= 0.6 is 11.6 Å². The molecule has 3 heterocycles. The fourth-order valence-corrected chi connectivity index (χ4v) is 2.45. The maximum Gasteiger partial charge on any atom is 0.433 e. The van der Waals surface area contributed by atoms with E-state index < -0.39 is 4.92 Å². The topological polar surface area (TPSA) is 94.6 Å². The van der Waals surface area contributed by atoms with Gasteiger partial charge in [-0.25, -0.2) is 4.98 Å². The maximum atomic E-state index is 10.6. The van der Waals surface area contributed by atoms with Gasteiger partial charge in [0.2, 0.25) is 0 Å². The van der Waals surface area contributed by atoms with Crippen LogP contribution in [-0.4, -0.2) is 14.9 Å². The first kappa shape index (κ1) is 13.2. The number of ether oxygens (including phenoxy) is 1. The summed E-state index contributed by atoms with van der Waals surface area (Å²) in [6, 6.07) is 8.10. The molecule has 0 radical (unpaired) electrons. The molecule has 0 amide bonds. The number of furan rings is 1. The van der Waals surface area contributed by atoms with Crippen molar-refractivity contribution in [2.24, 2.45) is 0 Å². The summed E-state index contributed by atoms with van der Waals surface area (Å²) < 4.78 is 10.6. The van der Waals surface area contributed by atoms with Gasteiger partial charge >= 0.3 is 5.88 Å². The highest BCUT2D eigenvalue weighted by atomic mass is 35.5. The quantitative estimate of drug-likeness (QED) is 0.416. The number of nitrogens with zero attached hydrogens (tertiary/aromatic N) is 3. The van der Waals surface area contributed by atoms with Gasteiger partial charge in [0.15, 0.2) is 0 Å². The van der Waals surface area contributed by atoms with Crippen LogP contribution in [0.4, 0.5) is 5.88 Å². The van der Waals surface area contributed by atoms with Gasteiger partial charge in [-0.15, -0.1) is 0 Å². The third-order valence-corrected chi connectivity index (χ3v) is 3.61. The molecule has 1 aliphatic heterocycles. The SMILES string of the molecule is O=[N+]([O-])c1ccc(C2OC2c2cnc3cc(Cl)ccc3n2)o1. The van der Waals surface area contributed by atoms with E-state index in [1.807, 2.05) is 0 Å². The van der Waals surface area contributed by atoms with Crippen LogP contribution in [0.1, 0.15) is 23.7 Å². The molecule has 0 spiro atoms. The number of hydrogen-bond donors (Lipinski definition) is 0. The van der Waals surface area contributed by atoms with Crippen LogP contribution in [0.5, 0.6) is 0 Å². The van der Waals surface area contributed by atoms with E-state index in [0.29, 0.717) is 27.5 Å². The van der Waals surface area contributed by atoms with E-state index in [4.69, 9.17) is 20.8 Å². The fraction of sp³-hybridized carbons (Fsp3) is 0.143. The predicted octanol–water partition coefficient (Wildman–Crippen LogP) is 3.60. The smallest absolute Gasteiger partial charge is 0.403 e. The van der Waals surface area contributed by atoms with E-state index in [9.17, 15) is 10.1 Å². The molecule has 1 saturated heterocycles. The van der Waals surface area contributed by atoms with E-state index in [-0.39, 0.29) is 18.1 Å². The Balaban J connectivity index is 1.61. The van der Waals surface area contributed by atoms with Crippen molar-refractivity contribution in [3.63, 3.8) is 0 Å². The highest BCUT2D eigenvalue weighted by Crippen LogP contribution is 2.51. The highest BCUT2D eigenvalue weighted by molar-refractivity contribution is 6.31. The van der Waals surface area contributed by atoms with Gasteiger partial charge in [-0.2, -0.15) is 0 Å². The van der Waals surface area contributed by atoms with Gasteiger partial charge in [-0.1, -0.05) is 11.6 Å². The molecule has 7 nitrogen and oxygen atoms in total. The second-order valence-corrected chi connectivity index (χ2v) is 5.27. The van der Waals surface area contributed by atoms with Crippen LogP contribution in [0, 0.1) is 10.1 Å². The first-order valence-electron chi connectivity index (χ1n) is 6.43. The number of hydrogen-bond acceptors (Lipinski definition) is 6. The molecule has 22 heavy (non-hydrogen) atoms. The second-order valence-electron chi connectivity index (χ2n) is 4.84. The van der Waals surface area contributed by atoms with Crippen LogP contribution in [0.25, 0.3) is 11.0 Å². The summed E-state index contributed by atoms with van der Waals surface area (Å²) >= 11 is 5.90. The molecule has 2 atom stereocenters. The van der Waals surface area contributed by atoms with Gasteiger partial charge in [-0.05, 0) is 24.3 Å². The standard InChI is InChI=1S/C14H8ClN3O4/c15-7-1-2-8-9(5-7)16-6-10(17-8)13-14(22-13)11-3-4-12(21-11)18(19)20/h1-6,13-14H. The van der Waals surface area contributed by atoms with Crippen LogP contribution in [0.3, 0.4) is 0 Å². The van der Waals surface area contributed by atoms with E-state index in [1.54, 1.807) is 24.4 Å². The summed E-state index contributed by atoms with van der Waals surface area (Å²) in [5.74, 6) is 0.109. The third-order valence-electron chi connectivity index (χ3n) is 3.38. The molecule has 1 aliphatic rings. The Hall–Kier alpha value is -2.51. The molecule has 0 saturated carbocycles. The number of epoxide rings is 1. The Morgan fingerprint density at radius 2 is 2.05 bits per heavy atom. The van der Waals surface area contributed by atoms with Crippen molar-refractivity contribution < 1.29 is 14.1 Å². The summed E-state index contributed by atoms with van der Waals surface area (Å²) in [4.78, 5) is 18.8. The van der Waals surface area contributed by atoms with Gasteiger partial charge in [0.25, 0.3) is 0 Å². The molecule has 110 valence electrons. The summed E-state index contributed by atoms with van der Waals surface area (Å²) in [7, 11) is 0. The largest absolute Gasteiger partial charge is 0.433 e. The van der Waals surface area contributed by atoms with Crippen molar-refractivity contribution >= 4 is 28.5 Å². The first-order chi connectivity index (χ1) is 10.6. The Morgan fingerprint density at radius 3 is 2.82 bits per heavy atom. The molecule has 1 aromatic carbocycles. The lowest BCUT2D eigenvalue weighted by atomic mass is 10.2. The number of aromatic nitrogens is 2. The van der Waals surface area contributed by atoms with E-state index in [2.05, 4.69) is 9.97 Å². The molecule has 0 N–H and O–H groups in total. The monoisotopic (exact) mass is 317 g/mol. The van der Waals surface area contributed by atoms with Crippen LogP contribution in [-0.2, 0) is 4.74 Å². The number of fused-ring (bicyclic) bond motifs is 1. The van der Waals surface area contributed by atoms with E-state index in [0.717, 1.165) is 0 Å². The van der Waals surface area contributed by atoms with Gasteiger partial charge in [0.1, 0.15) is 22.9 Å². The number of benzene rings is 1. The number of rotatable bonds is 3. The molecule has 1 fully saturated rings. The lowest BCUT2D eigenvalue weighted by Crippen LogP contribution is -1.92. The molecular formula is C14H8ClN3O4. The second kappa shape index (κ2) is 4.75. The predicted molar refractivity (Wildman–Crippen MR) is 76.5 cm³/mol. The molecule has 4 rings (SSSR count). The maximum absolute atomic E-state index is 10.6. The van der Waals surface area contributed by atoms with E-state index in [1.165, 1.54) is 12.1 Å². The fourth-order valence-electron chi connectivity index (χ4n) is 2.28. The van der Waals surface area contributed by atoms with Gasteiger partial charge in [0.05, 0.1) is 29.0 Å². The molecular weight excluding hydrogens is 310 g/mol. The molecule has 3 aromatic rings. The molecule has 2 unspecified atom stereocenters. The lowest BCUT2D eigenvalue weighted by molar-refractivity contribution is -0.402.